The molecule has 0 aromatic rings. The van der Waals surface area contributed by atoms with Gasteiger partial charge < -0.3 is 15.5 Å². The van der Waals surface area contributed by atoms with Gasteiger partial charge in [-0.25, -0.2) is 0 Å². The Balaban J connectivity index is 1.99. The van der Waals surface area contributed by atoms with Crippen LogP contribution in [0, 0.1) is 0 Å². The van der Waals surface area contributed by atoms with Gasteiger partial charge in [0.25, 0.3) is 0 Å². The first kappa shape index (κ1) is 12.8. The van der Waals surface area contributed by atoms with Crippen LogP contribution < -0.4 is 5.73 Å². The number of likely N-dealkylation sites (N-methyl/N-ethyl adjacent to an activating group) is 1. The van der Waals surface area contributed by atoms with Crippen LogP contribution in [0.5, 0.6) is 0 Å². The predicted octanol–water partition coefficient (Wildman–Crippen LogP) is 0.811. The van der Waals surface area contributed by atoms with Gasteiger partial charge in [-0.05, 0) is 38.8 Å². The van der Waals surface area contributed by atoms with Crippen molar-refractivity contribution in [3.05, 3.63) is 0 Å². The lowest BCUT2D eigenvalue weighted by Gasteiger charge is -2.28. The number of amides is 1. The molecule has 1 amide bonds. The molecule has 2 bridgehead atoms. The highest BCUT2D eigenvalue weighted by Gasteiger charge is 2.39. The summed E-state index contributed by atoms with van der Waals surface area (Å²) in [5.41, 5.74) is 5.49. The molecule has 2 unspecified atom stereocenters. The van der Waals surface area contributed by atoms with Crippen molar-refractivity contribution >= 4 is 5.91 Å². The van der Waals surface area contributed by atoms with Crippen molar-refractivity contribution in [3.63, 3.8) is 0 Å². The van der Waals surface area contributed by atoms with Crippen LogP contribution in [0.3, 0.4) is 0 Å². The molecule has 2 aliphatic rings. The van der Waals surface area contributed by atoms with Gasteiger partial charge in [-0.1, -0.05) is 6.92 Å². The second-order valence-electron chi connectivity index (χ2n) is 5.26. The molecular weight excluding hydrogens is 214 g/mol. The average molecular weight is 239 g/mol. The van der Waals surface area contributed by atoms with Gasteiger partial charge >= 0.3 is 0 Å². The molecule has 4 heteroatoms. The molecule has 2 fully saturated rings. The van der Waals surface area contributed by atoms with Crippen LogP contribution in [0.25, 0.3) is 0 Å². The van der Waals surface area contributed by atoms with Gasteiger partial charge in [0.2, 0.25) is 5.91 Å². The molecule has 2 saturated heterocycles. The number of hydrogen-bond donors (Lipinski definition) is 1. The molecule has 98 valence electrons. The maximum atomic E-state index is 12.2. The number of rotatable bonds is 4. The Hall–Kier alpha value is -0.610. The number of carbonyl (C=O) groups excluding carboxylic acids is 1. The molecule has 0 radical (unpaired) electrons. The Bertz CT molecular complexity index is 269. The quantitative estimate of drug-likeness (QED) is 0.790. The van der Waals surface area contributed by atoms with Crippen LogP contribution in [0.2, 0.25) is 0 Å². The third-order valence-electron chi connectivity index (χ3n) is 4.20. The molecule has 0 saturated carbocycles. The fourth-order valence-electron chi connectivity index (χ4n) is 3.22. The van der Waals surface area contributed by atoms with Crippen molar-refractivity contribution in [3.8, 4) is 0 Å². The van der Waals surface area contributed by atoms with Gasteiger partial charge in [-0.2, -0.15) is 0 Å². The van der Waals surface area contributed by atoms with Gasteiger partial charge in [-0.3, -0.25) is 4.79 Å². The molecule has 0 spiro atoms. The zero-order chi connectivity index (χ0) is 12.3. The molecule has 2 heterocycles. The summed E-state index contributed by atoms with van der Waals surface area (Å²) in [6.45, 7) is 6.16. The average Bonchev–Trinajstić information content (AvgIpc) is 2.62. The Morgan fingerprint density at radius 2 is 2.06 bits per heavy atom. The van der Waals surface area contributed by atoms with Crippen LogP contribution in [-0.4, -0.2) is 54.0 Å². The highest BCUT2D eigenvalue weighted by atomic mass is 16.2. The van der Waals surface area contributed by atoms with Gasteiger partial charge in [-0.15, -0.1) is 0 Å². The minimum absolute atomic E-state index is 0.334. The zero-order valence-electron chi connectivity index (χ0n) is 10.9. The lowest BCUT2D eigenvalue weighted by Crippen LogP contribution is -2.43. The van der Waals surface area contributed by atoms with Crippen molar-refractivity contribution in [1.29, 1.82) is 0 Å². The number of carbonyl (C=O) groups is 1. The van der Waals surface area contributed by atoms with Crippen LogP contribution in [-0.2, 0) is 4.79 Å². The van der Waals surface area contributed by atoms with E-state index in [1.807, 2.05) is 0 Å². The summed E-state index contributed by atoms with van der Waals surface area (Å²) in [4.78, 5) is 16.9. The predicted molar refractivity (Wildman–Crippen MR) is 68.7 cm³/mol. The van der Waals surface area contributed by atoms with Crippen LogP contribution >= 0.6 is 0 Å². The Labute approximate surface area is 104 Å². The SMILES string of the molecule is CCN1CCC2CCC(C1)N2C(=O)CCCN. The second-order valence-corrected chi connectivity index (χ2v) is 5.26. The Morgan fingerprint density at radius 1 is 1.29 bits per heavy atom. The van der Waals surface area contributed by atoms with Gasteiger partial charge in [0.1, 0.15) is 0 Å². The van der Waals surface area contributed by atoms with E-state index < -0.39 is 0 Å². The van der Waals surface area contributed by atoms with E-state index in [0.29, 0.717) is 31.0 Å². The fourth-order valence-corrected chi connectivity index (χ4v) is 3.22. The zero-order valence-corrected chi connectivity index (χ0v) is 10.9. The highest BCUT2D eigenvalue weighted by Crippen LogP contribution is 2.30. The molecule has 2 aliphatic heterocycles. The van der Waals surface area contributed by atoms with Gasteiger partial charge in [0, 0.05) is 31.6 Å². The number of likely N-dealkylation sites (tertiary alicyclic amines) is 1. The van der Waals surface area contributed by atoms with E-state index in [-0.39, 0.29) is 0 Å². The van der Waals surface area contributed by atoms with Crippen LogP contribution in [0.4, 0.5) is 0 Å². The largest absolute Gasteiger partial charge is 0.335 e. The van der Waals surface area contributed by atoms with E-state index in [0.717, 1.165) is 32.5 Å². The smallest absolute Gasteiger partial charge is 0.223 e. The highest BCUT2D eigenvalue weighted by molar-refractivity contribution is 5.77. The van der Waals surface area contributed by atoms with Crippen molar-refractivity contribution in [2.45, 2.75) is 51.1 Å². The Morgan fingerprint density at radius 3 is 2.76 bits per heavy atom. The van der Waals surface area contributed by atoms with E-state index in [2.05, 4.69) is 16.7 Å². The van der Waals surface area contributed by atoms with E-state index >= 15 is 0 Å². The van der Waals surface area contributed by atoms with Crippen molar-refractivity contribution in [2.75, 3.05) is 26.2 Å². The second kappa shape index (κ2) is 5.83. The third-order valence-corrected chi connectivity index (χ3v) is 4.20. The number of nitrogens with two attached hydrogens (primary N) is 1. The Kier molecular flexibility index (Phi) is 4.40. The molecule has 2 rings (SSSR count). The third kappa shape index (κ3) is 2.80. The minimum Gasteiger partial charge on any atom is -0.335 e. The number of nitrogens with zero attached hydrogens (tertiary/aromatic N) is 2. The molecule has 2 N–H and O–H groups in total. The van der Waals surface area contributed by atoms with E-state index in [1.54, 1.807) is 0 Å². The fraction of sp³-hybridized carbons (Fsp3) is 0.923. The molecular formula is C13H25N3O. The van der Waals surface area contributed by atoms with Gasteiger partial charge in [0.15, 0.2) is 0 Å². The number of hydrogen-bond acceptors (Lipinski definition) is 3. The summed E-state index contributed by atoms with van der Waals surface area (Å²) in [5.74, 6) is 0.334. The molecule has 0 aliphatic carbocycles. The monoisotopic (exact) mass is 239 g/mol. The minimum atomic E-state index is 0.334. The first-order valence-corrected chi connectivity index (χ1v) is 6.99. The summed E-state index contributed by atoms with van der Waals surface area (Å²) in [7, 11) is 0. The summed E-state index contributed by atoms with van der Waals surface area (Å²) < 4.78 is 0. The molecule has 17 heavy (non-hydrogen) atoms. The van der Waals surface area contributed by atoms with E-state index in [9.17, 15) is 4.79 Å². The molecule has 2 atom stereocenters. The van der Waals surface area contributed by atoms with E-state index in [4.69, 9.17) is 5.73 Å². The van der Waals surface area contributed by atoms with Crippen LogP contribution in [0.1, 0.15) is 39.0 Å². The molecule has 0 aromatic heterocycles. The maximum absolute atomic E-state index is 12.2. The summed E-state index contributed by atoms with van der Waals surface area (Å²) in [6, 6.07) is 0.967. The maximum Gasteiger partial charge on any atom is 0.223 e. The van der Waals surface area contributed by atoms with E-state index in [1.165, 1.54) is 12.8 Å². The standard InChI is InChI=1S/C13H25N3O/c1-2-15-9-7-11-5-6-12(10-15)16(11)13(17)4-3-8-14/h11-12H,2-10,14H2,1H3. The summed E-state index contributed by atoms with van der Waals surface area (Å²) in [5, 5.41) is 0. The first-order chi connectivity index (χ1) is 8.26. The molecule has 0 aromatic carbocycles. The first-order valence-electron chi connectivity index (χ1n) is 6.99. The lowest BCUT2D eigenvalue weighted by atomic mass is 10.1. The van der Waals surface area contributed by atoms with Crippen molar-refractivity contribution < 1.29 is 4.79 Å². The molecule has 4 nitrogen and oxygen atoms in total. The number of fused-ring (bicyclic) bond motifs is 2. The van der Waals surface area contributed by atoms with Gasteiger partial charge in [0.05, 0.1) is 0 Å². The normalized spacial score (nSPS) is 29.4. The topological polar surface area (TPSA) is 49.6 Å². The summed E-state index contributed by atoms with van der Waals surface area (Å²) >= 11 is 0. The van der Waals surface area contributed by atoms with Crippen LogP contribution in [0.15, 0.2) is 0 Å². The summed E-state index contributed by atoms with van der Waals surface area (Å²) in [6.07, 6.45) is 5.01. The lowest BCUT2D eigenvalue weighted by molar-refractivity contribution is -0.133. The van der Waals surface area contributed by atoms with Crippen molar-refractivity contribution in [2.24, 2.45) is 5.73 Å². The van der Waals surface area contributed by atoms with Crippen molar-refractivity contribution in [1.82, 2.24) is 9.80 Å².